The lowest BCUT2D eigenvalue weighted by Crippen LogP contribution is -2.44. The molecule has 1 aliphatic carbocycles. The fourth-order valence-electron chi connectivity index (χ4n) is 2.40. The molecule has 5 heteroatoms. The molecule has 5 nitrogen and oxygen atoms in total. The highest BCUT2D eigenvalue weighted by molar-refractivity contribution is 5.87. The van der Waals surface area contributed by atoms with E-state index in [9.17, 15) is 9.59 Å². The highest BCUT2D eigenvalue weighted by Crippen LogP contribution is 2.25. The lowest BCUT2D eigenvalue weighted by Gasteiger charge is -2.26. The summed E-state index contributed by atoms with van der Waals surface area (Å²) in [5.41, 5.74) is 5.83. The monoisotopic (exact) mass is 255 g/mol. The molecule has 0 bridgehead atoms. The van der Waals surface area contributed by atoms with Crippen molar-refractivity contribution in [1.29, 1.82) is 0 Å². The van der Waals surface area contributed by atoms with E-state index < -0.39 is 6.04 Å². The van der Waals surface area contributed by atoms with Gasteiger partial charge in [0.05, 0.1) is 0 Å². The van der Waals surface area contributed by atoms with Crippen LogP contribution in [0.15, 0.2) is 0 Å². The van der Waals surface area contributed by atoms with Crippen molar-refractivity contribution in [3.63, 3.8) is 0 Å². The molecule has 0 aromatic rings. The molecular weight excluding hydrogens is 230 g/mol. The number of amides is 2. The van der Waals surface area contributed by atoms with Crippen molar-refractivity contribution >= 4 is 11.8 Å². The van der Waals surface area contributed by atoms with Crippen LogP contribution in [-0.4, -0.2) is 42.9 Å². The van der Waals surface area contributed by atoms with Crippen LogP contribution < -0.4 is 11.1 Å². The van der Waals surface area contributed by atoms with Crippen molar-refractivity contribution in [2.45, 2.75) is 51.1 Å². The first-order chi connectivity index (χ1) is 8.40. The average molecular weight is 255 g/mol. The summed E-state index contributed by atoms with van der Waals surface area (Å²) in [4.78, 5) is 24.9. The van der Waals surface area contributed by atoms with Crippen LogP contribution >= 0.6 is 0 Å². The number of carbonyl (C=O) groups is 2. The minimum Gasteiger partial charge on any atom is -0.347 e. The van der Waals surface area contributed by atoms with Gasteiger partial charge in [0.25, 0.3) is 0 Å². The Morgan fingerprint density at radius 1 is 1.28 bits per heavy atom. The van der Waals surface area contributed by atoms with Gasteiger partial charge in [0.1, 0.15) is 6.04 Å². The minimum absolute atomic E-state index is 0.0295. The highest BCUT2D eigenvalue weighted by atomic mass is 16.2. The topological polar surface area (TPSA) is 75.4 Å². The zero-order valence-electron chi connectivity index (χ0n) is 11.6. The molecule has 0 saturated heterocycles. The molecule has 0 spiro atoms. The molecule has 0 aliphatic heterocycles. The molecule has 18 heavy (non-hydrogen) atoms. The largest absolute Gasteiger partial charge is 0.347 e. The van der Waals surface area contributed by atoms with Crippen LogP contribution in [0.1, 0.15) is 39.0 Å². The Labute approximate surface area is 109 Å². The maximum absolute atomic E-state index is 11.8. The van der Waals surface area contributed by atoms with E-state index >= 15 is 0 Å². The number of carbonyl (C=O) groups excluding carboxylic acids is 2. The number of nitrogens with zero attached hydrogens (tertiary/aromatic N) is 1. The molecule has 1 fully saturated rings. The first-order valence-electron chi connectivity index (χ1n) is 6.66. The molecular formula is C13H25N3O2. The lowest BCUT2D eigenvalue weighted by atomic mass is 9.84. The summed E-state index contributed by atoms with van der Waals surface area (Å²) < 4.78 is 0. The predicted octanol–water partition coefficient (Wildman–Crippen LogP) is 0.487. The molecule has 1 aliphatic rings. The van der Waals surface area contributed by atoms with Crippen LogP contribution in [0.5, 0.6) is 0 Å². The number of likely N-dealkylation sites (N-methyl/N-ethyl adjacent to an activating group) is 1. The van der Waals surface area contributed by atoms with Gasteiger partial charge in [-0.2, -0.15) is 0 Å². The summed E-state index contributed by atoms with van der Waals surface area (Å²) in [6, 6.07) is -0.142. The van der Waals surface area contributed by atoms with Gasteiger partial charge < -0.3 is 16.0 Å². The second kappa shape index (κ2) is 6.73. The van der Waals surface area contributed by atoms with Crippen LogP contribution in [-0.2, 0) is 9.59 Å². The Hall–Kier alpha value is -1.10. The average Bonchev–Trinajstić information content (AvgIpc) is 2.30. The zero-order valence-corrected chi connectivity index (χ0v) is 11.6. The standard InChI is InChI=1S/C13H25N3O2/c1-9(13(18)16(2)3)15-12(17)8-10-4-6-11(14)7-5-10/h9-11H,4-8,14H2,1-3H3,(H,15,17). The van der Waals surface area contributed by atoms with Crippen LogP contribution in [0.4, 0.5) is 0 Å². The van der Waals surface area contributed by atoms with Crippen molar-refractivity contribution in [3.05, 3.63) is 0 Å². The van der Waals surface area contributed by atoms with Gasteiger partial charge in [0.15, 0.2) is 0 Å². The maximum atomic E-state index is 11.8. The molecule has 1 atom stereocenters. The maximum Gasteiger partial charge on any atom is 0.244 e. The van der Waals surface area contributed by atoms with E-state index in [4.69, 9.17) is 5.73 Å². The van der Waals surface area contributed by atoms with Gasteiger partial charge in [-0.05, 0) is 38.5 Å². The van der Waals surface area contributed by atoms with Crippen molar-refractivity contribution < 1.29 is 9.59 Å². The second-order valence-corrected chi connectivity index (χ2v) is 5.51. The number of nitrogens with two attached hydrogens (primary N) is 1. The van der Waals surface area contributed by atoms with Crippen LogP contribution in [0.3, 0.4) is 0 Å². The predicted molar refractivity (Wildman–Crippen MR) is 70.8 cm³/mol. The highest BCUT2D eigenvalue weighted by Gasteiger charge is 2.23. The molecule has 0 heterocycles. The third-order valence-corrected chi connectivity index (χ3v) is 3.55. The third-order valence-electron chi connectivity index (χ3n) is 3.55. The Morgan fingerprint density at radius 2 is 1.83 bits per heavy atom. The molecule has 1 rings (SSSR count). The van der Waals surface area contributed by atoms with Crippen LogP contribution in [0.25, 0.3) is 0 Å². The van der Waals surface area contributed by atoms with Gasteiger partial charge in [0, 0.05) is 26.6 Å². The Balaban J connectivity index is 2.31. The first-order valence-corrected chi connectivity index (χ1v) is 6.66. The van der Waals surface area contributed by atoms with E-state index in [-0.39, 0.29) is 11.8 Å². The van der Waals surface area contributed by atoms with Crippen LogP contribution in [0.2, 0.25) is 0 Å². The van der Waals surface area contributed by atoms with Crippen molar-refractivity contribution in [1.82, 2.24) is 10.2 Å². The molecule has 1 saturated carbocycles. The summed E-state index contributed by atoms with van der Waals surface area (Å²) in [6.45, 7) is 1.72. The third kappa shape index (κ3) is 4.64. The number of hydrogen-bond acceptors (Lipinski definition) is 3. The number of hydrogen-bond donors (Lipinski definition) is 2. The van der Waals surface area contributed by atoms with E-state index in [1.54, 1.807) is 21.0 Å². The van der Waals surface area contributed by atoms with E-state index in [0.29, 0.717) is 18.4 Å². The van der Waals surface area contributed by atoms with Gasteiger partial charge in [-0.15, -0.1) is 0 Å². The summed E-state index contributed by atoms with van der Waals surface area (Å²) >= 11 is 0. The number of nitrogens with one attached hydrogen (secondary N) is 1. The van der Waals surface area contributed by atoms with Gasteiger partial charge in [-0.1, -0.05) is 0 Å². The van der Waals surface area contributed by atoms with Gasteiger partial charge in [-0.3, -0.25) is 9.59 Å². The normalized spacial score (nSPS) is 25.3. The molecule has 104 valence electrons. The molecule has 1 unspecified atom stereocenters. The summed E-state index contributed by atoms with van der Waals surface area (Å²) in [5.74, 6) is 0.318. The van der Waals surface area contributed by atoms with E-state index in [0.717, 1.165) is 25.7 Å². The molecule has 2 amide bonds. The van der Waals surface area contributed by atoms with Crippen molar-refractivity contribution in [2.24, 2.45) is 11.7 Å². The van der Waals surface area contributed by atoms with E-state index in [2.05, 4.69) is 5.32 Å². The fraction of sp³-hybridized carbons (Fsp3) is 0.846. The Morgan fingerprint density at radius 3 is 2.33 bits per heavy atom. The zero-order chi connectivity index (χ0) is 13.7. The molecule has 0 aromatic carbocycles. The summed E-state index contributed by atoms with van der Waals surface area (Å²) in [6.07, 6.45) is 4.56. The molecule has 3 N–H and O–H groups in total. The minimum atomic E-state index is -0.446. The lowest BCUT2D eigenvalue weighted by molar-refractivity contribution is -0.134. The quantitative estimate of drug-likeness (QED) is 0.767. The van der Waals surface area contributed by atoms with E-state index in [1.807, 2.05) is 0 Å². The smallest absolute Gasteiger partial charge is 0.244 e. The Bertz CT molecular complexity index is 297. The second-order valence-electron chi connectivity index (χ2n) is 5.51. The first kappa shape index (κ1) is 15.0. The van der Waals surface area contributed by atoms with Gasteiger partial charge in [-0.25, -0.2) is 0 Å². The summed E-state index contributed by atoms with van der Waals surface area (Å²) in [5, 5.41) is 2.76. The molecule has 0 radical (unpaired) electrons. The van der Waals surface area contributed by atoms with Crippen LogP contribution in [0, 0.1) is 5.92 Å². The number of rotatable bonds is 4. The summed E-state index contributed by atoms with van der Waals surface area (Å²) in [7, 11) is 3.38. The Kier molecular flexibility index (Phi) is 5.59. The van der Waals surface area contributed by atoms with Crippen molar-refractivity contribution in [2.75, 3.05) is 14.1 Å². The van der Waals surface area contributed by atoms with Gasteiger partial charge in [0.2, 0.25) is 11.8 Å². The fourth-order valence-corrected chi connectivity index (χ4v) is 2.40. The SMILES string of the molecule is CC(NC(=O)CC1CCC(N)CC1)C(=O)N(C)C. The van der Waals surface area contributed by atoms with Crippen molar-refractivity contribution in [3.8, 4) is 0 Å². The van der Waals surface area contributed by atoms with Gasteiger partial charge >= 0.3 is 0 Å². The molecule has 0 aromatic heterocycles. The van der Waals surface area contributed by atoms with E-state index in [1.165, 1.54) is 4.90 Å².